The van der Waals surface area contributed by atoms with E-state index in [1.807, 2.05) is 6.07 Å². The van der Waals surface area contributed by atoms with E-state index in [-0.39, 0.29) is 41.3 Å². The van der Waals surface area contributed by atoms with Gasteiger partial charge in [-0.15, -0.1) is 0 Å². The van der Waals surface area contributed by atoms with Gasteiger partial charge in [-0.2, -0.15) is 23.5 Å². The van der Waals surface area contributed by atoms with Gasteiger partial charge in [-0.05, 0) is 42.5 Å². The van der Waals surface area contributed by atoms with Crippen molar-refractivity contribution < 1.29 is 27.8 Å². The Morgan fingerprint density at radius 3 is 2.67 bits per heavy atom. The second kappa shape index (κ2) is 8.65. The molecule has 174 valence electrons. The van der Waals surface area contributed by atoms with Crippen LogP contribution in [0.2, 0.25) is 0 Å². The van der Waals surface area contributed by atoms with E-state index < -0.39 is 29.0 Å². The van der Waals surface area contributed by atoms with E-state index in [2.05, 4.69) is 10.2 Å². The highest BCUT2D eigenvalue weighted by Crippen LogP contribution is 2.53. The number of ether oxygens (including phenoxy) is 1. The van der Waals surface area contributed by atoms with Gasteiger partial charge in [-0.1, -0.05) is 32.1 Å². The van der Waals surface area contributed by atoms with Crippen LogP contribution in [-0.2, 0) is 16.4 Å². The van der Waals surface area contributed by atoms with E-state index in [0.717, 1.165) is 12.1 Å². The molecule has 0 amide bonds. The van der Waals surface area contributed by atoms with Crippen LogP contribution in [0.3, 0.4) is 0 Å². The number of aliphatic carboxylic acids is 1. The molecule has 2 heterocycles. The van der Waals surface area contributed by atoms with Crippen molar-refractivity contribution in [1.82, 2.24) is 10.2 Å². The van der Waals surface area contributed by atoms with Crippen LogP contribution in [0.4, 0.5) is 13.2 Å². The molecule has 1 aliphatic heterocycles. The first-order chi connectivity index (χ1) is 15.4. The number of halogens is 3. The molecule has 0 spiro atoms. The van der Waals surface area contributed by atoms with Crippen molar-refractivity contribution in [3.8, 4) is 11.9 Å². The molecule has 0 saturated carbocycles. The predicted molar refractivity (Wildman–Crippen MR) is 114 cm³/mol. The summed E-state index contributed by atoms with van der Waals surface area (Å²) >= 11 is 0. The lowest BCUT2D eigenvalue weighted by atomic mass is 9.61. The number of rotatable bonds is 6. The van der Waals surface area contributed by atoms with Crippen molar-refractivity contribution in [2.45, 2.75) is 45.2 Å². The number of aromatic nitrogens is 2. The van der Waals surface area contributed by atoms with Gasteiger partial charge in [0.25, 0.3) is 0 Å². The van der Waals surface area contributed by atoms with Crippen molar-refractivity contribution in [2.24, 2.45) is 11.7 Å². The van der Waals surface area contributed by atoms with Crippen LogP contribution in [0.25, 0.3) is 6.08 Å². The van der Waals surface area contributed by atoms with Crippen LogP contribution in [0.15, 0.2) is 35.7 Å². The Kier molecular flexibility index (Phi) is 6.27. The van der Waals surface area contributed by atoms with E-state index in [4.69, 9.17) is 15.6 Å². The molecule has 0 bridgehead atoms. The van der Waals surface area contributed by atoms with Crippen LogP contribution in [0.5, 0.6) is 5.88 Å². The van der Waals surface area contributed by atoms with Crippen molar-refractivity contribution in [3.63, 3.8) is 0 Å². The van der Waals surface area contributed by atoms with Crippen molar-refractivity contribution in [3.05, 3.63) is 63.7 Å². The van der Waals surface area contributed by atoms with Crippen LogP contribution >= 0.6 is 0 Å². The van der Waals surface area contributed by atoms with Crippen LogP contribution in [0.1, 0.15) is 54.6 Å². The predicted octanol–water partition coefficient (Wildman–Crippen LogP) is 4.64. The van der Waals surface area contributed by atoms with Gasteiger partial charge in [0.05, 0.1) is 22.2 Å². The zero-order valence-electron chi connectivity index (χ0n) is 18.2. The van der Waals surface area contributed by atoms with Crippen molar-refractivity contribution >= 4 is 12.0 Å². The number of fused-ring (bicyclic) bond motifs is 1. The fourth-order valence-corrected chi connectivity index (χ4v) is 4.34. The quantitative estimate of drug-likeness (QED) is 0.577. The van der Waals surface area contributed by atoms with E-state index in [1.165, 1.54) is 12.2 Å². The Balaban J connectivity index is 2.34. The summed E-state index contributed by atoms with van der Waals surface area (Å²) in [6.07, 6.45) is -1.70. The minimum Gasteiger partial charge on any atom is -0.481 e. The zero-order valence-corrected chi connectivity index (χ0v) is 18.2. The average Bonchev–Trinajstić information content (AvgIpc) is 3.09. The highest BCUT2D eigenvalue weighted by molar-refractivity contribution is 5.67. The lowest BCUT2D eigenvalue weighted by molar-refractivity contribution is -0.138. The monoisotopic (exact) mass is 460 g/mol. The molecule has 1 unspecified atom stereocenters. The van der Waals surface area contributed by atoms with Crippen molar-refractivity contribution in [2.75, 3.05) is 0 Å². The maximum Gasteiger partial charge on any atom is 0.416 e. The summed E-state index contributed by atoms with van der Waals surface area (Å²) in [5.74, 6) is -1.45. The van der Waals surface area contributed by atoms with Gasteiger partial charge in [-0.3, -0.25) is 4.79 Å². The number of aryl methyl sites for hydroxylation is 1. The molecule has 4 N–H and O–H groups in total. The number of nitrogens with zero attached hydrogens (tertiary/aromatic N) is 2. The Hall–Kier alpha value is -3.74. The third-order valence-electron chi connectivity index (χ3n) is 5.71. The number of nitrogens with two attached hydrogens (primary N) is 1. The molecule has 10 heteroatoms. The average molecular weight is 460 g/mol. The molecule has 3 rings (SSSR count). The van der Waals surface area contributed by atoms with Crippen LogP contribution < -0.4 is 10.5 Å². The van der Waals surface area contributed by atoms with Gasteiger partial charge in [0.1, 0.15) is 11.6 Å². The van der Waals surface area contributed by atoms with E-state index in [1.54, 1.807) is 26.8 Å². The summed E-state index contributed by atoms with van der Waals surface area (Å²) in [4.78, 5) is 10.7. The number of benzene rings is 1. The summed E-state index contributed by atoms with van der Waals surface area (Å²) < 4.78 is 47.1. The maximum atomic E-state index is 13.9. The number of allylic oxidation sites excluding steroid dienone is 2. The Morgan fingerprint density at radius 1 is 1.39 bits per heavy atom. The van der Waals surface area contributed by atoms with Crippen molar-refractivity contribution in [1.29, 1.82) is 5.26 Å². The molecule has 0 aliphatic carbocycles. The largest absolute Gasteiger partial charge is 0.481 e. The number of hydrogen-bond donors (Lipinski definition) is 3. The summed E-state index contributed by atoms with van der Waals surface area (Å²) in [7, 11) is 0. The highest BCUT2D eigenvalue weighted by Gasteiger charge is 2.51. The molecule has 1 aromatic carbocycles. The molecule has 33 heavy (non-hydrogen) atoms. The molecular weight excluding hydrogens is 437 g/mol. The van der Waals surface area contributed by atoms with Crippen LogP contribution in [-0.4, -0.2) is 21.3 Å². The van der Waals surface area contributed by atoms with E-state index in [0.29, 0.717) is 11.3 Å². The smallest absolute Gasteiger partial charge is 0.416 e. The molecule has 0 radical (unpaired) electrons. The molecule has 1 atom stereocenters. The molecule has 1 aliphatic rings. The standard InChI is InChI=1S/C23H23F3N4O3/c1-12(2)22(17(11-27)20(28)33-21-19(22)13(3)29-30-21)15-8-14(6-4-5-7-18(31)32)9-16(10-15)23(24,25)26/h4,6,8-10,12H,5,7,28H2,1-3H3,(H,29,30)(H,31,32)/b6-4+. The zero-order chi connectivity index (χ0) is 24.6. The molecule has 7 nitrogen and oxygen atoms in total. The first-order valence-corrected chi connectivity index (χ1v) is 10.2. The number of H-pyrrole nitrogens is 1. The number of aromatic amines is 1. The second-order valence-electron chi connectivity index (χ2n) is 8.11. The van der Waals surface area contributed by atoms with Gasteiger partial charge in [-0.25, -0.2) is 5.10 Å². The molecule has 2 aromatic rings. The first-order valence-electron chi connectivity index (χ1n) is 10.2. The van der Waals surface area contributed by atoms with Gasteiger partial charge >= 0.3 is 12.1 Å². The maximum absolute atomic E-state index is 13.9. The number of nitrogens with one attached hydrogen (secondary N) is 1. The lowest BCUT2D eigenvalue weighted by Gasteiger charge is -2.41. The molecular formula is C23H23F3N4O3. The molecule has 0 fully saturated rings. The molecule has 1 aromatic heterocycles. The summed E-state index contributed by atoms with van der Waals surface area (Å²) in [5, 5.41) is 25.6. The molecule has 0 saturated heterocycles. The Morgan fingerprint density at radius 2 is 2.09 bits per heavy atom. The normalized spacial score (nSPS) is 18.4. The van der Waals surface area contributed by atoms with E-state index >= 15 is 0 Å². The third kappa shape index (κ3) is 4.18. The summed E-state index contributed by atoms with van der Waals surface area (Å²) in [6.45, 7) is 5.25. The summed E-state index contributed by atoms with van der Waals surface area (Å²) in [6, 6.07) is 5.60. The SMILES string of the molecule is Cc1n[nH]c2c1C(c1cc(/C=C/CCC(=O)O)cc(C(F)(F)F)c1)(C(C)C)C(C#N)=C(N)O2. The number of alkyl halides is 3. The third-order valence-corrected chi connectivity index (χ3v) is 5.71. The van der Waals surface area contributed by atoms with Gasteiger partial charge in [0.2, 0.25) is 11.8 Å². The number of carbonyl (C=O) groups is 1. The lowest BCUT2D eigenvalue weighted by Crippen LogP contribution is -2.41. The first kappa shape index (κ1) is 23.9. The number of hydrogen-bond acceptors (Lipinski definition) is 5. The minimum absolute atomic E-state index is 0.00497. The number of carboxylic acids is 1. The van der Waals surface area contributed by atoms with Gasteiger partial charge in [0, 0.05) is 6.42 Å². The highest BCUT2D eigenvalue weighted by atomic mass is 19.4. The summed E-state index contributed by atoms with van der Waals surface area (Å²) in [5.41, 5.74) is 5.13. The number of nitriles is 1. The van der Waals surface area contributed by atoms with Gasteiger partial charge in [0.15, 0.2) is 0 Å². The van der Waals surface area contributed by atoms with Crippen LogP contribution in [0, 0.1) is 24.2 Å². The number of carboxylic acid groups (broad SMARTS) is 1. The van der Waals surface area contributed by atoms with Gasteiger partial charge < -0.3 is 15.6 Å². The second-order valence-corrected chi connectivity index (χ2v) is 8.11. The minimum atomic E-state index is -4.65. The fourth-order valence-electron chi connectivity index (χ4n) is 4.34. The Bertz CT molecular complexity index is 1190. The Labute approximate surface area is 188 Å². The van der Waals surface area contributed by atoms with E-state index in [9.17, 15) is 23.2 Å². The topological polar surface area (TPSA) is 125 Å². The fraction of sp³-hybridized carbons (Fsp3) is 0.348.